The van der Waals surface area contributed by atoms with Gasteiger partial charge in [0.2, 0.25) is 11.7 Å². The summed E-state index contributed by atoms with van der Waals surface area (Å²) in [7, 11) is 0. The molecule has 1 saturated carbocycles. The Kier molecular flexibility index (Phi) is 6.72. The molecule has 4 aromatic rings. The second kappa shape index (κ2) is 10.0. The van der Waals surface area contributed by atoms with Crippen molar-refractivity contribution in [2.45, 2.75) is 38.7 Å². The third kappa shape index (κ3) is 5.02. The summed E-state index contributed by atoms with van der Waals surface area (Å²) in [6.45, 7) is 4.89. The van der Waals surface area contributed by atoms with E-state index in [1.54, 1.807) is 45.0 Å². The number of nitrogens with one attached hydrogen (secondary N) is 3. The van der Waals surface area contributed by atoms with Crippen LogP contribution in [0.4, 0.5) is 25.0 Å². The lowest BCUT2D eigenvalue weighted by Gasteiger charge is -2.15. The number of hydrogen-bond donors (Lipinski definition) is 3. The van der Waals surface area contributed by atoms with E-state index in [2.05, 4.69) is 41.4 Å². The Hall–Kier alpha value is -4.46. The highest BCUT2D eigenvalue weighted by Crippen LogP contribution is 2.60. The average molecular weight is 559 g/mol. The van der Waals surface area contributed by atoms with Gasteiger partial charge in [0.1, 0.15) is 35.0 Å². The molecular weight excluding hydrogens is 538 g/mol. The van der Waals surface area contributed by atoms with Crippen molar-refractivity contribution in [2.75, 3.05) is 10.6 Å². The van der Waals surface area contributed by atoms with Gasteiger partial charge in [0.15, 0.2) is 5.82 Å². The minimum atomic E-state index is -3.29. The van der Waals surface area contributed by atoms with E-state index in [1.165, 1.54) is 12.1 Å². The van der Waals surface area contributed by atoms with Crippen LogP contribution in [0.15, 0.2) is 40.9 Å². The number of aromatic amines is 1. The van der Waals surface area contributed by atoms with E-state index < -0.39 is 35.9 Å². The highest BCUT2D eigenvalue weighted by atomic mass is 35.5. The summed E-state index contributed by atoms with van der Waals surface area (Å²) in [5, 5.41) is 21.8. The zero-order chi connectivity index (χ0) is 27.9. The molecule has 2 amide bonds. The third-order valence-corrected chi connectivity index (χ3v) is 6.63. The van der Waals surface area contributed by atoms with Crippen LogP contribution in [0.5, 0.6) is 0 Å². The quantitative estimate of drug-likeness (QED) is 0.289. The normalized spacial score (nSPS) is 18.3. The van der Waals surface area contributed by atoms with Gasteiger partial charge in [-0.05, 0) is 49.4 Å². The van der Waals surface area contributed by atoms with Crippen LogP contribution in [-0.4, -0.2) is 48.7 Å². The van der Waals surface area contributed by atoms with Crippen molar-refractivity contribution < 1.29 is 27.6 Å². The maximum Gasteiger partial charge on any atom is 0.412 e. The van der Waals surface area contributed by atoms with Crippen LogP contribution in [-0.2, 0) is 9.53 Å². The fourth-order valence-electron chi connectivity index (χ4n) is 4.17. The number of benzene rings is 1. The van der Waals surface area contributed by atoms with Gasteiger partial charge in [0.05, 0.1) is 11.4 Å². The van der Waals surface area contributed by atoms with Crippen LogP contribution in [0.1, 0.15) is 41.7 Å². The number of H-pyrrole nitrogens is 1. The van der Waals surface area contributed by atoms with Gasteiger partial charge in [-0.3, -0.25) is 10.1 Å². The first-order valence-corrected chi connectivity index (χ1v) is 12.0. The second-order valence-corrected chi connectivity index (χ2v) is 9.31. The summed E-state index contributed by atoms with van der Waals surface area (Å²) in [6.07, 6.45) is -1.40. The number of rotatable bonds is 7. The zero-order valence-corrected chi connectivity index (χ0v) is 21.5. The van der Waals surface area contributed by atoms with Gasteiger partial charge in [-0.2, -0.15) is 0 Å². The number of amides is 2. The fraction of sp³-hybridized carbons (Fsp3) is 0.292. The summed E-state index contributed by atoms with van der Waals surface area (Å²) < 4.78 is 39.3. The van der Waals surface area contributed by atoms with Gasteiger partial charge in [-0.25, -0.2) is 23.7 Å². The van der Waals surface area contributed by atoms with Crippen LogP contribution in [0.25, 0.3) is 11.5 Å². The first kappa shape index (κ1) is 26.2. The molecule has 0 bridgehead atoms. The third-order valence-electron chi connectivity index (χ3n) is 6.29. The van der Waals surface area contributed by atoms with Crippen LogP contribution < -0.4 is 10.6 Å². The molecule has 1 fully saturated rings. The summed E-state index contributed by atoms with van der Waals surface area (Å²) in [5.74, 6) is -7.27. The molecule has 12 nitrogen and oxygen atoms in total. The van der Waals surface area contributed by atoms with Crippen molar-refractivity contribution in [3.63, 3.8) is 0 Å². The van der Waals surface area contributed by atoms with Crippen LogP contribution >= 0.6 is 11.6 Å². The van der Waals surface area contributed by atoms with Crippen molar-refractivity contribution >= 4 is 35.0 Å². The highest BCUT2D eigenvalue weighted by molar-refractivity contribution is 6.31. The minimum Gasteiger partial charge on any atom is -0.441 e. The SMILES string of the molecule is Cc1nc(-c2onc(C)c2NC(=O)O[C@H](C)c2ccccc2Cl)ccc1NC(=O)C1C(c2nnn[nH]2)C1(F)F. The standard InChI is InChI=1S/C24H21ClF2N8O4/c1-10-15(29-22(36)18-17(24(18,26)27)21-31-34-35-32-21)8-9-16(28-10)20-19(11(2)33-39-20)30-23(37)38-12(3)13-6-4-5-7-14(13)25/h4-9,12,17-18H,1-3H3,(H,29,36)(H,30,37)(H,31,32,34,35)/t12-,17?,18?/m1/s1. The first-order valence-electron chi connectivity index (χ1n) is 11.7. The molecule has 3 aromatic heterocycles. The van der Waals surface area contributed by atoms with Gasteiger partial charge >= 0.3 is 6.09 Å². The molecule has 39 heavy (non-hydrogen) atoms. The topological polar surface area (TPSA) is 161 Å². The smallest absolute Gasteiger partial charge is 0.412 e. The van der Waals surface area contributed by atoms with Gasteiger partial charge in [-0.1, -0.05) is 35.0 Å². The van der Waals surface area contributed by atoms with Crippen molar-refractivity contribution in [3.05, 3.63) is 64.2 Å². The summed E-state index contributed by atoms with van der Waals surface area (Å²) in [5.41, 5.74) is 2.06. The molecule has 15 heteroatoms. The van der Waals surface area contributed by atoms with E-state index in [4.69, 9.17) is 20.9 Å². The number of halogens is 3. The molecule has 5 rings (SSSR count). The molecule has 2 unspecified atom stereocenters. The lowest BCUT2D eigenvalue weighted by atomic mass is 10.1. The molecule has 3 heterocycles. The van der Waals surface area contributed by atoms with E-state index in [9.17, 15) is 18.4 Å². The lowest BCUT2D eigenvalue weighted by Crippen LogP contribution is -2.18. The maximum absolute atomic E-state index is 14.2. The Balaban J connectivity index is 1.29. The minimum absolute atomic E-state index is 0.141. The van der Waals surface area contributed by atoms with E-state index in [1.807, 2.05) is 0 Å². The second-order valence-electron chi connectivity index (χ2n) is 8.90. The predicted molar refractivity (Wildman–Crippen MR) is 133 cm³/mol. The molecule has 202 valence electrons. The molecule has 0 spiro atoms. The lowest BCUT2D eigenvalue weighted by molar-refractivity contribution is -0.119. The number of pyridine rings is 1. The van der Waals surface area contributed by atoms with Gasteiger partial charge in [0.25, 0.3) is 5.92 Å². The molecule has 1 aliphatic rings. The Morgan fingerprint density at radius 2 is 1.92 bits per heavy atom. The average Bonchev–Trinajstić information content (AvgIpc) is 3.24. The summed E-state index contributed by atoms with van der Waals surface area (Å²) in [6, 6.07) is 9.98. The molecule has 1 aromatic carbocycles. The van der Waals surface area contributed by atoms with Gasteiger partial charge in [-0.15, -0.1) is 5.10 Å². The van der Waals surface area contributed by atoms with E-state index in [0.717, 1.165) is 0 Å². The number of tetrazole rings is 1. The molecular formula is C24H21ClF2N8O4. The number of aromatic nitrogens is 6. The monoisotopic (exact) mass is 558 g/mol. The van der Waals surface area contributed by atoms with Crippen LogP contribution in [0, 0.1) is 19.8 Å². The number of aryl methyl sites for hydroxylation is 2. The number of alkyl halides is 2. The van der Waals surface area contributed by atoms with Gasteiger partial charge < -0.3 is 14.6 Å². The molecule has 0 saturated heterocycles. The Morgan fingerprint density at radius 1 is 1.15 bits per heavy atom. The van der Waals surface area contributed by atoms with Crippen molar-refractivity contribution in [2.24, 2.45) is 5.92 Å². The van der Waals surface area contributed by atoms with Crippen LogP contribution in [0.2, 0.25) is 5.02 Å². The summed E-state index contributed by atoms with van der Waals surface area (Å²) in [4.78, 5) is 29.6. The number of ether oxygens (including phenoxy) is 1. The maximum atomic E-state index is 14.2. The summed E-state index contributed by atoms with van der Waals surface area (Å²) >= 11 is 6.18. The molecule has 0 radical (unpaired) electrons. The van der Waals surface area contributed by atoms with Crippen molar-refractivity contribution in [3.8, 4) is 11.5 Å². The molecule has 3 N–H and O–H groups in total. The number of carbonyl (C=O) groups excluding carboxylic acids is 2. The molecule has 1 aliphatic carbocycles. The van der Waals surface area contributed by atoms with Crippen molar-refractivity contribution in [1.82, 2.24) is 30.8 Å². The Morgan fingerprint density at radius 3 is 2.62 bits per heavy atom. The van der Waals surface area contributed by atoms with Gasteiger partial charge in [0, 0.05) is 10.6 Å². The molecule has 3 atom stereocenters. The number of anilines is 2. The van der Waals surface area contributed by atoms with E-state index in [0.29, 0.717) is 22.0 Å². The van der Waals surface area contributed by atoms with Crippen LogP contribution in [0.3, 0.4) is 0 Å². The molecule has 0 aliphatic heterocycles. The predicted octanol–water partition coefficient (Wildman–Crippen LogP) is 4.82. The number of hydrogen-bond acceptors (Lipinski definition) is 9. The van der Waals surface area contributed by atoms with Crippen molar-refractivity contribution in [1.29, 1.82) is 0 Å². The van der Waals surface area contributed by atoms with E-state index >= 15 is 0 Å². The number of nitrogens with zero attached hydrogens (tertiary/aromatic N) is 5. The zero-order valence-electron chi connectivity index (χ0n) is 20.7. The highest BCUT2D eigenvalue weighted by Gasteiger charge is 2.74. The fourth-order valence-corrected chi connectivity index (χ4v) is 4.46. The number of carbonyl (C=O) groups is 2. The Bertz CT molecular complexity index is 1540. The first-order chi connectivity index (χ1) is 18.6. The van der Waals surface area contributed by atoms with E-state index in [-0.39, 0.29) is 28.7 Å². The largest absolute Gasteiger partial charge is 0.441 e. The Labute approximate surface area is 224 Å².